The van der Waals surface area contributed by atoms with E-state index in [1.165, 1.54) is 52.3 Å². The van der Waals surface area contributed by atoms with Crippen LogP contribution in [0.5, 0.6) is 0 Å². The number of methoxy groups -OCH3 is 1. The Morgan fingerprint density at radius 3 is 2.53 bits per heavy atom. The molecule has 0 aromatic carbocycles. The summed E-state index contributed by atoms with van der Waals surface area (Å²) in [6, 6.07) is 0.408. The summed E-state index contributed by atoms with van der Waals surface area (Å²) in [7, 11) is 1.49. The topological polar surface area (TPSA) is 32.8 Å². The molecule has 0 amide bonds. The molecule has 19 heavy (non-hydrogen) atoms. The fourth-order valence-corrected chi connectivity index (χ4v) is 3.31. The molecule has 2 rings (SSSR count). The van der Waals surface area contributed by atoms with Crippen LogP contribution in [0, 0.1) is 0 Å². The summed E-state index contributed by atoms with van der Waals surface area (Å²) in [6.07, 6.45) is 8.34. The molecule has 0 saturated carbocycles. The SMILES string of the molecule is COC(=O)CC1CCCCN1CCN1CCCCC1. The van der Waals surface area contributed by atoms with Gasteiger partial charge in [0.05, 0.1) is 13.5 Å². The lowest BCUT2D eigenvalue weighted by atomic mass is 9.99. The van der Waals surface area contributed by atoms with Crippen molar-refractivity contribution in [3.05, 3.63) is 0 Å². The average Bonchev–Trinajstić information content (AvgIpc) is 2.47. The van der Waals surface area contributed by atoms with Crippen molar-refractivity contribution in [2.45, 2.75) is 51.0 Å². The van der Waals surface area contributed by atoms with Gasteiger partial charge in [-0.25, -0.2) is 0 Å². The van der Waals surface area contributed by atoms with Crippen molar-refractivity contribution in [2.75, 3.05) is 39.8 Å². The van der Waals surface area contributed by atoms with Gasteiger partial charge < -0.3 is 9.64 Å². The first-order valence-corrected chi connectivity index (χ1v) is 7.83. The van der Waals surface area contributed by atoms with Crippen LogP contribution in [-0.4, -0.2) is 61.6 Å². The lowest BCUT2D eigenvalue weighted by Gasteiger charge is -2.37. The second kappa shape index (κ2) is 7.85. The summed E-state index contributed by atoms with van der Waals surface area (Å²) in [5, 5.41) is 0. The molecule has 0 radical (unpaired) electrons. The van der Waals surface area contributed by atoms with Crippen molar-refractivity contribution >= 4 is 5.97 Å². The Kier molecular flexibility index (Phi) is 6.11. The Bertz CT molecular complexity index is 277. The molecule has 0 aliphatic carbocycles. The fraction of sp³-hybridized carbons (Fsp3) is 0.933. The highest BCUT2D eigenvalue weighted by molar-refractivity contribution is 5.69. The number of hydrogen-bond donors (Lipinski definition) is 0. The van der Waals surface area contributed by atoms with Crippen LogP contribution in [0.15, 0.2) is 0 Å². The molecule has 4 nitrogen and oxygen atoms in total. The molecule has 0 bridgehead atoms. The van der Waals surface area contributed by atoms with E-state index in [1.54, 1.807) is 0 Å². The fourth-order valence-electron chi connectivity index (χ4n) is 3.31. The first-order valence-electron chi connectivity index (χ1n) is 7.83. The van der Waals surface area contributed by atoms with Crippen molar-refractivity contribution in [2.24, 2.45) is 0 Å². The van der Waals surface area contributed by atoms with E-state index in [1.807, 2.05) is 0 Å². The van der Waals surface area contributed by atoms with Gasteiger partial charge in [0.2, 0.25) is 0 Å². The van der Waals surface area contributed by atoms with Crippen LogP contribution in [0.3, 0.4) is 0 Å². The van der Waals surface area contributed by atoms with Crippen molar-refractivity contribution in [1.29, 1.82) is 0 Å². The van der Waals surface area contributed by atoms with E-state index in [2.05, 4.69) is 9.80 Å². The summed E-state index contributed by atoms with van der Waals surface area (Å²) in [4.78, 5) is 16.6. The van der Waals surface area contributed by atoms with E-state index in [4.69, 9.17) is 4.74 Å². The first-order chi connectivity index (χ1) is 9.29. The van der Waals surface area contributed by atoms with Gasteiger partial charge in [-0.1, -0.05) is 12.8 Å². The highest BCUT2D eigenvalue weighted by Gasteiger charge is 2.25. The number of ether oxygens (including phenoxy) is 1. The molecular weight excluding hydrogens is 240 g/mol. The zero-order chi connectivity index (χ0) is 13.5. The zero-order valence-corrected chi connectivity index (χ0v) is 12.3. The minimum absolute atomic E-state index is 0.0603. The minimum Gasteiger partial charge on any atom is -0.469 e. The van der Waals surface area contributed by atoms with E-state index >= 15 is 0 Å². The van der Waals surface area contributed by atoms with Gasteiger partial charge in [-0.05, 0) is 45.3 Å². The van der Waals surface area contributed by atoms with Crippen molar-refractivity contribution in [1.82, 2.24) is 9.80 Å². The molecule has 0 N–H and O–H groups in total. The Balaban J connectivity index is 1.76. The van der Waals surface area contributed by atoms with E-state index < -0.39 is 0 Å². The Morgan fingerprint density at radius 1 is 1.05 bits per heavy atom. The summed E-state index contributed by atoms with van der Waals surface area (Å²) < 4.78 is 4.82. The van der Waals surface area contributed by atoms with Crippen LogP contribution >= 0.6 is 0 Å². The number of hydrogen-bond acceptors (Lipinski definition) is 4. The molecule has 1 atom stereocenters. The molecule has 110 valence electrons. The lowest BCUT2D eigenvalue weighted by Crippen LogP contribution is -2.45. The van der Waals surface area contributed by atoms with E-state index in [0.717, 1.165) is 26.1 Å². The summed E-state index contributed by atoms with van der Waals surface area (Å²) in [5.41, 5.74) is 0. The lowest BCUT2D eigenvalue weighted by molar-refractivity contribution is -0.142. The zero-order valence-electron chi connectivity index (χ0n) is 12.3. The highest BCUT2D eigenvalue weighted by Crippen LogP contribution is 2.20. The largest absolute Gasteiger partial charge is 0.469 e. The average molecular weight is 268 g/mol. The molecule has 0 aromatic heterocycles. The van der Waals surface area contributed by atoms with E-state index in [-0.39, 0.29) is 5.97 Å². The molecule has 2 fully saturated rings. The summed E-state index contributed by atoms with van der Waals surface area (Å²) >= 11 is 0. The molecule has 1 unspecified atom stereocenters. The monoisotopic (exact) mass is 268 g/mol. The number of esters is 1. The van der Waals surface area contributed by atoms with Crippen LogP contribution in [0.1, 0.15) is 44.9 Å². The smallest absolute Gasteiger partial charge is 0.307 e. The van der Waals surface area contributed by atoms with Gasteiger partial charge in [0, 0.05) is 19.1 Å². The second-order valence-electron chi connectivity index (χ2n) is 5.87. The van der Waals surface area contributed by atoms with Crippen molar-refractivity contribution in [3.63, 3.8) is 0 Å². The Hall–Kier alpha value is -0.610. The Labute approximate surface area is 117 Å². The predicted molar refractivity (Wildman–Crippen MR) is 76.1 cm³/mol. The first kappa shape index (κ1) is 14.8. The molecule has 2 saturated heterocycles. The third-order valence-corrected chi connectivity index (χ3v) is 4.53. The van der Waals surface area contributed by atoms with Crippen LogP contribution in [0.25, 0.3) is 0 Å². The number of likely N-dealkylation sites (tertiary alicyclic amines) is 2. The number of carbonyl (C=O) groups is 1. The maximum Gasteiger partial charge on any atom is 0.307 e. The van der Waals surface area contributed by atoms with Gasteiger partial charge in [-0.3, -0.25) is 9.69 Å². The van der Waals surface area contributed by atoms with Crippen LogP contribution in [-0.2, 0) is 9.53 Å². The minimum atomic E-state index is -0.0603. The quantitative estimate of drug-likeness (QED) is 0.713. The maximum atomic E-state index is 11.5. The number of nitrogens with zero attached hydrogens (tertiary/aromatic N) is 2. The predicted octanol–water partition coefficient (Wildman–Crippen LogP) is 1.89. The summed E-state index contributed by atoms with van der Waals surface area (Å²) in [6.45, 7) is 5.94. The standard InChI is InChI=1S/C15H28N2O2/c1-19-15(18)13-14-7-3-6-10-17(14)12-11-16-8-4-2-5-9-16/h14H,2-13H2,1H3. The molecule has 0 aromatic rings. The molecule has 0 spiro atoms. The maximum absolute atomic E-state index is 11.5. The van der Waals surface area contributed by atoms with Gasteiger partial charge in [0.1, 0.15) is 0 Å². The third kappa shape index (κ3) is 4.77. The molecule has 2 aliphatic rings. The van der Waals surface area contributed by atoms with Crippen LogP contribution < -0.4 is 0 Å². The Morgan fingerprint density at radius 2 is 1.79 bits per heavy atom. The normalized spacial score (nSPS) is 26.3. The van der Waals surface area contributed by atoms with Gasteiger partial charge in [0.25, 0.3) is 0 Å². The third-order valence-electron chi connectivity index (χ3n) is 4.53. The van der Waals surface area contributed by atoms with Crippen molar-refractivity contribution < 1.29 is 9.53 Å². The van der Waals surface area contributed by atoms with Crippen LogP contribution in [0.2, 0.25) is 0 Å². The molecule has 2 aliphatic heterocycles. The second-order valence-corrected chi connectivity index (χ2v) is 5.87. The van der Waals surface area contributed by atoms with Gasteiger partial charge >= 0.3 is 5.97 Å². The van der Waals surface area contributed by atoms with Crippen LogP contribution in [0.4, 0.5) is 0 Å². The van der Waals surface area contributed by atoms with Gasteiger partial charge in [-0.15, -0.1) is 0 Å². The highest BCUT2D eigenvalue weighted by atomic mass is 16.5. The molecule has 4 heteroatoms. The van der Waals surface area contributed by atoms with E-state index in [9.17, 15) is 4.79 Å². The van der Waals surface area contributed by atoms with E-state index in [0.29, 0.717) is 12.5 Å². The molecular formula is C15H28N2O2. The number of piperidine rings is 2. The number of rotatable bonds is 5. The summed E-state index contributed by atoms with van der Waals surface area (Å²) in [5.74, 6) is -0.0603. The van der Waals surface area contributed by atoms with Crippen molar-refractivity contribution in [3.8, 4) is 0 Å². The van der Waals surface area contributed by atoms with Gasteiger partial charge in [0.15, 0.2) is 0 Å². The van der Waals surface area contributed by atoms with Gasteiger partial charge in [-0.2, -0.15) is 0 Å². The number of carbonyl (C=O) groups excluding carboxylic acids is 1. The molecule has 2 heterocycles.